The van der Waals surface area contributed by atoms with E-state index in [-0.39, 0.29) is 0 Å². The third-order valence-corrected chi connectivity index (χ3v) is 3.44. The Labute approximate surface area is 121 Å². The highest BCUT2D eigenvalue weighted by atomic mass is 16.4. The summed E-state index contributed by atoms with van der Waals surface area (Å²) in [5.41, 5.74) is 5.57. The average molecular weight is 303 g/mol. The maximum atomic E-state index is 12.1. The number of carbonyl (C=O) groups excluding carboxylic acids is 2. The Bertz CT molecular complexity index is 414. The van der Waals surface area contributed by atoms with Crippen LogP contribution < -0.4 is 11.1 Å². The quantitative estimate of drug-likeness (QED) is 0.356. The number of rotatable bonds is 6. The van der Waals surface area contributed by atoms with Crippen LogP contribution in [-0.4, -0.2) is 75.4 Å². The molecule has 9 nitrogen and oxygen atoms in total. The van der Waals surface area contributed by atoms with Gasteiger partial charge < -0.3 is 31.3 Å². The maximum absolute atomic E-state index is 12.1. The second-order valence-corrected chi connectivity index (χ2v) is 5.04. The first-order chi connectivity index (χ1) is 9.79. The molecule has 0 aliphatic carbocycles. The number of aliphatic carboxylic acids is 1. The van der Waals surface area contributed by atoms with Crippen LogP contribution in [0.4, 0.5) is 0 Å². The van der Waals surface area contributed by atoms with Crippen molar-refractivity contribution in [2.45, 2.75) is 44.0 Å². The van der Waals surface area contributed by atoms with Gasteiger partial charge in [-0.05, 0) is 19.8 Å². The maximum Gasteiger partial charge on any atom is 0.328 e. The highest BCUT2D eigenvalue weighted by molar-refractivity contribution is 5.92. The van der Waals surface area contributed by atoms with E-state index in [0.29, 0.717) is 19.4 Å². The zero-order valence-corrected chi connectivity index (χ0v) is 11.7. The second kappa shape index (κ2) is 7.34. The van der Waals surface area contributed by atoms with E-state index in [1.165, 1.54) is 11.8 Å². The Morgan fingerprint density at radius 2 is 2.05 bits per heavy atom. The molecule has 1 saturated heterocycles. The number of likely N-dealkylation sites (tertiary alicyclic amines) is 1. The molecule has 0 bridgehead atoms. The number of carbonyl (C=O) groups is 3. The molecule has 1 aliphatic rings. The summed E-state index contributed by atoms with van der Waals surface area (Å²) in [5, 5.41) is 29.2. The predicted octanol–water partition coefficient (Wildman–Crippen LogP) is -2.75. The molecule has 6 N–H and O–H groups in total. The first-order valence-corrected chi connectivity index (χ1v) is 6.67. The van der Waals surface area contributed by atoms with E-state index in [2.05, 4.69) is 5.32 Å². The number of hydrogen-bond donors (Lipinski definition) is 5. The van der Waals surface area contributed by atoms with Crippen molar-refractivity contribution in [2.75, 3.05) is 13.2 Å². The third-order valence-electron chi connectivity index (χ3n) is 3.44. The van der Waals surface area contributed by atoms with E-state index in [1.54, 1.807) is 0 Å². The molecule has 2 amide bonds. The van der Waals surface area contributed by atoms with Gasteiger partial charge >= 0.3 is 5.97 Å². The fraction of sp³-hybridized carbons (Fsp3) is 0.750. The smallest absolute Gasteiger partial charge is 0.328 e. The van der Waals surface area contributed by atoms with Crippen LogP contribution in [0.5, 0.6) is 0 Å². The lowest BCUT2D eigenvalue weighted by atomic mass is 10.1. The summed E-state index contributed by atoms with van der Waals surface area (Å²) in [6.45, 7) is 0.947. The molecule has 0 spiro atoms. The number of hydrogen-bond acceptors (Lipinski definition) is 6. The minimum atomic E-state index is -1.42. The Balaban J connectivity index is 2.75. The van der Waals surface area contributed by atoms with E-state index >= 15 is 0 Å². The molecular formula is C12H21N3O6. The number of aliphatic hydroxyl groups excluding tert-OH is 2. The van der Waals surface area contributed by atoms with E-state index in [1.807, 2.05) is 0 Å². The van der Waals surface area contributed by atoms with Crippen LogP contribution in [0, 0.1) is 0 Å². The number of aliphatic hydroxyl groups is 2. The first kappa shape index (κ1) is 17.3. The van der Waals surface area contributed by atoms with Gasteiger partial charge in [-0.25, -0.2) is 4.79 Å². The molecule has 9 heteroatoms. The minimum absolute atomic E-state index is 0.314. The Morgan fingerprint density at radius 3 is 2.52 bits per heavy atom. The van der Waals surface area contributed by atoms with Crippen molar-refractivity contribution in [1.82, 2.24) is 10.2 Å². The van der Waals surface area contributed by atoms with Crippen LogP contribution in [0.1, 0.15) is 19.8 Å². The Kier molecular flexibility index (Phi) is 6.06. The fourth-order valence-corrected chi connectivity index (χ4v) is 2.15. The van der Waals surface area contributed by atoms with Crippen LogP contribution in [0.3, 0.4) is 0 Å². The fourth-order valence-electron chi connectivity index (χ4n) is 2.15. The van der Waals surface area contributed by atoms with Gasteiger partial charge in [0.05, 0.1) is 12.7 Å². The van der Waals surface area contributed by atoms with Crippen LogP contribution in [0.25, 0.3) is 0 Å². The molecular weight excluding hydrogens is 282 g/mol. The first-order valence-electron chi connectivity index (χ1n) is 6.67. The highest BCUT2D eigenvalue weighted by Gasteiger charge is 2.38. The van der Waals surface area contributed by atoms with Crippen LogP contribution in [0.15, 0.2) is 0 Å². The minimum Gasteiger partial charge on any atom is -0.480 e. The van der Waals surface area contributed by atoms with E-state index in [0.717, 1.165) is 0 Å². The number of amides is 2. The molecule has 1 fully saturated rings. The molecule has 0 aromatic heterocycles. The number of nitrogens with zero attached hydrogens (tertiary/aromatic N) is 1. The second-order valence-electron chi connectivity index (χ2n) is 5.04. The van der Waals surface area contributed by atoms with Gasteiger partial charge in [-0.2, -0.15) is 0 Å². The standard InChI is InChI=1S/C12H21N3O6/c1-6(17)9(13)11(19)15-4-2-3-8(15)10(18)14-7(5-16)12(20)21/h6-9,16-17H,2-5,13H2,1H3,(H,14,18)(H,20,21)/t6-,7+,8+,9+/m1/s1. The van der Waals surface area contributed by atoms with Gasteiger partial charge in [0.25, 0.3) is 0 Å². The number of carboxylic acid groups (broad SMARTS) is 1. The van der Waals surface area contributed by atoms with Crippen LogP contribution in [0.2, 0.25) is 0 Å². The topological polar surface area (TPSA) is 153 Å². The van der Waals surface area contributed by atoms with E-state index < -0.39 is 48.6 Å². The average Bonchev–Trinajstić information content (AvgIpc) is 2.91. The lowest BCUT2D eigenvalue weighted by Crippen LogP contribution is -2.56. The summed E-state index contributed by atoms with van der Waals surface area (Å²) in [7, 11) is 0. The third kappa shape index (κ3) is 4.13. The molecule has 1 heterocycles. The highest BCUT2D eigenvalue weighted by Crippen LogP contribution is 2.19. The van der Waals surface area contributed by atoms with Crippen molar-refractivity contribution in [2.24, 2.45) is 5.73 Å². The van der Waals surface area contributed by atoms with Gasteiger partial charge in [0.1, 0.15) is 18.1 Å². The van der Waals surface area contributed by atoms with Gasteiger partial charge in [0.15, 0.2) is 0 Å². The van der Waals surface area contributed by atoms with E-state index in [9.17, 15) is 19.5 Å². The Hall–Kier alpha value is -1.71. The van der Waals surface area contributed by atoms with Crippen molar-refractivity contribution in [1.29, 1.82) is 0 Å². The Morgan fingerprint density at radius 1 is 1.43 bits per heavy atom. The molecule has 0 saturated carbocycles. The van der Waals surface area contributed by atoms with E-state index in [4.69, 9.17) is 15.9 Å². The summed E-state index contributed by atoms with van der Waals surface area (Å²) in [5.74, 6) is -2.57. The van der Waals surface area contributed by atoms with Gasteiger partial charge in [0, 0.05) is 6.54 Å². The lowest BCUT2D eigenvalue weighted by Gasteiger charge is -2.28. The largest absolute Gasteiger partial charge is 0.480 e. The van der Waals surface area contributed by atoms with Gasteiger partial charge in [-0.1, -0.05) is 0 Å². The summed E-state index contributed by atoms with van der Waals surface area (Å²) in [6.07, 6.45) is -0.0965. The SMILES string of the molecule is C[C@@H](O)[C@H](N)C(=O)N1CCC[C@H]1C(=O)N[C@@H](CO)C(=O)O. The zero-order valence-electron chi connectivity index (χ0n) is 11.7. The lowest BCUT2D eigenvalue weighted by molar-refractivity contribution is -0.145. The predicted molar refractivity (Wildman–Crippen MR) is 71.0 cm³/mol. The molecule has 0 aromatic carbocycles. The zero-order chi connectivity index (χ0) is 16.2. The summed E-state index contributed by atoms with van der Waals surface area (Å²) >= 11 is 0. The monoisotopic (exact) mass is 303 g/mol. The molecule has 21 heavy (non-hydrogen) atoms. The number of nitrogens with one attached hydrogen (secondary N) is 1. The van der Waals surface area contributed by atoms with Gasteiger partial charge in [-0.3, -0.25) is 9.59 Å². The molecule has 1 aliphatic heterocycles. The van der Waals surface area contributed by atoms with Gasteiger partial charge in [0.2, 0.25) is 11.8 Å². The van der Waals surface area contributed by atoms with Crippen molar-refractivity contribution >= 4 is 17.8 Å². The van der Waals surface area contributed by atoms with Crippen LogP contribution >= 0.6 is 0 Å². The van der Waals surface area contributed by atoms with Gasteiger partial charge in [-0.15, -0.1) is 0 Å². The van der Waals surface area contributed by atoms with Crippen molar-refractivity contribution < 1.29 is 29.7 Å². The van der Waals surface area contributed by atoms with Crippen molar-refractivity contribution in [3.63, 3.8) is 0 Å². The molecule has 1 rings (SSSR count). The van der Waals surface area contributed by atoms with Crippen LogP contribution in [-0.2, 0) is 14.4 Å². The molecule has 0 unspecified atom stereocenters. The summed E-state index contributed by atoms with van der Waals surface area (Å²) in [6, 6.07) is -3.39. The van der Waals surface area contributed by atoms with Crippen molar-refractivity contribution in [3.05, 3.63) is 0 Å². The normalized spacial score (nSPS) is 22.5. The molecule has 0 radical (unpaired) electrons. The molecule has 120 valence electrons. The number of carboxylic acids is 1. The number of nitrogens with two attached hydrogens (primary N) is 1. The molecule has 0 aromatic rings. The molecule has 4 atom stereocenters. The summed E-state index contributed by atoms with van der Waals surface area (Å²) in [4.78, 5) is 36.2. The summed E-state index contributed by atoms with van der Waals surface area (Å²) < 4.78 is 0. The van der Waals surface area contributed by atoms with Crippen molar-refractivity contribution in [3.8, 4) is 0 Å².